The summed E-state index contributed by atoms with van der Waals surface area (Å²) in [6.45, 7) is 0. The number of phenols is 1. The molecule has 0 amide bonds. The van der Waals surface area contributed by atoms with Gasteiger partial charge in [-0.05, 0) is 6.07 Å². The smallest absolute Gasteiger partial charge is 0.200 e. The minimum atomic E-state index is -1.21. The van der Waals surface area contributed by atoms with Crippen molar-refractivity contribution in [3.63, 3.8) is 0 Å². The van der Waals surface area contributed by atoms with Gasteiger partial charge in [0.05, 0.1) is 0 Å². The molecule has 11 heavy (non-hydrogen) atoms. The van der Waals surface area contributed by atoms with Gasteiger partial charge in [-0.2, -0.15) is 17.0 Å². The topological polar surface area (TPSA) is 20.2 Å². The molecule has 0 spiro atoms. The summed E-state index contributed by atoms with van der Waals surface area (Å²) in [7, 11) is 0. The van der Waals surface area contributed by atoms with Crippen LogP contribution >= 0.6 is 12.6 Å². The Bertz CT molecular complexity index is 275. The third-order valence-corrected chi connectivity index (χ3v) is 1.66. The van der Waals surface area contributed by atoms with E-state index in [9.17, 15) is 8.78 Å². The molecule has 0 radical (unpaired) electrons. The van der Waals surface area contributed by atoms with E-state index in [1.165, 1.54) is 6.07 Å². The van der Waals surface area contributed by atoms with Crippen LogP contribution in [0.1, 0.15) is 5.56 Å². The van der Waals surface area contributed by atoms with E-state index in [2.05, 4.69) is 12.6 Å². The van der Waals surface area contributed by atoms with Gasteiger partial charge in [-0.1, -0.05) is 6.07 Å². The molecule has 0 fully saturated rings. The van der Waals surface area contributed by atoms with E-state index in [-0.39, 0.29) is 11.3 Å². The van der Waals surface area contributed by atoms with Crippen molar-refractivity contribution in [2.24, 2.45) is 0 Å². The highest BCUT2D eigenvalue weighted by Crippen LogP contribution is 2.24. The molecule has 4 heteroatoms. The van der Waals surface area contributed by atoms with Gasteiger partial charge in [-0.3, -0.25) is 0 Å². The SMILES string of the molecule is Oc1c(CS)ccc(F)c1F. The number of aromatic hydroxyl groups is 1. The molecule has 1 rings (SSSR count). The molecule has 0 aliphatic heterocycles. The minimum absolute atomic E-state index is 0.184. The molecule has 0 aliphatic carbocycles. The van der Waals surface area contributed by atoms with Gasteiger partial charge in [-0.25, -0.2) is 4.39 Å². The lowest BCUT2D eigenvalue weighted by molar-refractivity contribution is 0.403. The van der Waals surface area contributed by atoms with Crippen LogP contribution < -0.4 is 0 Å². The standard InChI is InChI=1S/C7H6F2OS/c8-5-2-1-4(3-11)7(10)6(5)9/h1-2,10-11H,3H2. The molecule has 60 valence electrons. The molecular weight excluding hydrogens is 170 g/mol. The quantitative estimate of drug-likeness (QED) is 0.628. The zero-order chi connectivity index (χ0) is 8.43. The first kappa shape index (κ1) is 8.33. The lowest BCUT2D eigenvalue weighted by Crippen LogP contribution is -1.88. The fourth-order valence-corrected chi connectivity index (χ4v) is 0.963. The first-order valence-electron chi connectivity index (χ1n) is 2.93. The summed E-state index contributed by atoms with van der Waals surface area (Å²) in [5, 5.41) is 8.91. The summed E-state index contributed by atoms with van der Waals surface area (Å²) >= 11 is 3.81. The number of rotatable bonds is 1. The normalized spacial score (nSPS) is 10.1. The fourth-order valence-electron chi connectivity index (χ4n) is 0.708. The Hall–Kier alpha value is -0.770. The average Bonchev–Trinajstić information content (AvgIpc) is 2.01. The molecular formula is C7H6F2OS. The van der Waals surface area contributed by atoms with Gasteiger partial charge < -0.3 is 5.11 Å². The highest BCUT2D eigenvalue weighted by atomic mass is 32.1. The van der Waals surface area contributed by atoms with Crippen molar-refractivity contribution in [3.05, 3.63) is 29.3 Å². The molecule has 0 saturated carbocycles. The second-order valence-corrected chi connectivity index (χ2v) is 2.34. The summed E-state index contributed by atoms with van der Waals surface area (Å²) < 4.78 is 24.9. The number of phenolic OH excluding ortho intramolecular Hbond substituents is 1. The van der Waals surface area contributed by atoms with Crippen LogP contribution in [-0.4, -0.2) is 5.11 Å². The Morgan fingerprint density at radius 3 is 2.55 bits per heavy atom. The van der Waals surface area contributed by atoms with E-state index in [0.29, 0.717) is 0 Å². The summed E-state index contributed by atoms with van der Waals surface area (Å²) in [5.74, 6) is -2.73. The molecule has 1 nitrogen and oxygen atoms in total. The van der Waals surface area contributed by atoms with E-state index >= 15 is 0 Å². The predicted octanol–water partition coefficient (Wildman–Crippen LogP) is 2.10. The number of hydrogen-bond acceptors (Lipinski definition) is 2. The number of benzene rings is 1. The average molecular weight is 176 g/mol. The Morgan fingerprint density at radius 2 is 2.00 bits per heavy atom. The van der Waals surface area contributed by atoms with E-state index in [0.717, 1.165) is 6.07 Å². The van der Waals surface area contributed by atoms with Crippen LogP contribution in [0, 0.1) is 11.6 Å². The molecule has 0 aliphatic rings. The zero-order valence-corrected chi connectivity index (χ0v) is 6.41. The second kappa shape index (κ2) is 3.09. The monoisotopic (exact) mass is 176 g/mol. The molecule has 1 aromatic carbocycles. The van der Waals surface area contributed by atoms with Gasteiger partial charge in [0.1, 0.15) is 0 Å². The van der Waals surface area contributed by atoms with E-state index in [1.807, 2.05) is 0 Å². The third-order valence-electron chi connectivity index (χ3n) is 1.32. The summed E-state index contributed by atoms with van der Waals surface area (Å²) in [5.41, 5.74) is 0.284. The van der Waals surface area contributed by atoms with Crippen molar-refractivity contribution in [3.8, 4) is 5.75 Å². The number of halogens is 2. The molecule has 0 aromatic heterocycles. The molecule has 0 bridgehead atoms. The number of hydrogen-bond donors (Lipinski definition) is 2. The molecule has 0 heterocycles. The van der Waals surface area contributed by atoms with Crippen LogP contribution in [0.2, 0.25) is 0 Å². The van der Waals surface area contributed by atoms with E-state index in [4.69, 9.17) is 5.11 Å². The van der Waals surface area contributed by atoms with Gasteiger partial charge in [0.25, 0.3) is 0 Å². The Kier molecular flexibility index (Phi) is 2.34. The highest BCUT2D eigenvalue weighted by molar-refractivity contribution is 7.79. The summed E-state index contributed by atoms with van der Waals surface area (Å²) in [6, 6.07) is 2.25. The maximum atomic E-state index is 12.5. The van der Waals surface area contributed by atoms with Gasteiger partial charge in [0.2, 0.25) is 5.82 Å². The van der Waals surface area contributed by atoms with Crippen LogP contribution in [0.5, 0.6) is 5.75 Å². The minimum Gasteiger partial charge on any atom is -0.505 e. The van der Waals surface area contributed by atoms with Crippen LogP contribution in [0.4, 0.5) is 8.78 Å². The molecule has 0 saturated heterocycles. The van der Waals surface area contributed by atoms with E-state index < -0.39 is 17.4 Å². The van der Waals surface area contributed by atoms with Crippen molar-refractivity contribution >= 4 is 12.6 Å². The fraction of sp³-hybridized carbons (Fsp3) is 0.143. The molecule has 0 unspecified atom stereocenters. The van der Waals surface area contributed by atoms with Gasteiger partial charge >= 0.3 is 0 Å². The third kappa shape index (κ3) is 1.45. The van der Waals surface area contributed by atoms with Crippen LogP contribution in [0.25, 0.3) is 0 Å². The first-order valence-corrected chi connectivity index (χ1v) is 3.56. The zero-order valence-electron chi connectivity index (χ0n) is 5.51. The number of thiol groups is 1. The Morgan fingerprint density at radius 1 is 1.36 bits per heavy atom. The van der Waals surface area contributed by atoms with Gasteiger partial charge in [-0.15, -0.1) is 0 Å². The van der Waals surface area contributed by atoms with Gasteiger partial charge in [0.15, 0.2) is 11.6 Å². The van der Waals surface area contributed by atoms with Gasteiger partial charge in [0, 0.05) is 11.3 Å². The van der Waals surface area contributed by atoms with Crippen molar-refractivity contribution in [2.75, 3.05) is 0 Å². The Balaban J connectivity index is 3.25. The van der Waals surface area contributed by atoms with Crippen molar-refractivity contribution in [1.29, 1.82) is 0 Å². The van der Waals surface area contributed by atoms with Crippen LogP contribution in [-0.2, 0) is 5.75 Å². The predicted molar refractivity (Wildman–Crippen MR) is 40.7 cm³/mol. The highest BCUT2D eigenvalue weighted by Gasteiger charge is 2.10. The first-order chi connectivity index (χ1) is 5.16. The summed E-state index contributed by atoms with van der Waals surface area (Å²) in [4.78, 5) is 0. The molecule has 1 N–H and O–H groups in total. The maximum Gasteiger partial charge on any atom is 0.200 e. The lowest BCUT2D eigenvalue weighted by Gasteiger charge is -2.01. The van der Waals surface area contributed by atoms with Crippen LogP contribution in [0.15, 0.2) is 12.1 Å². The van der Waals surface area contributed by atoms with Crippen LogP contribution in [0.3, 0.4) is 0 Å². The molecule has 1 aromatic rings. The Labute approximate surface area is 68.1 Å². The van der Waals surface area contributed by atoms with Crippen molar-refractivity contribution in [1.82, 2.24) is 0 Å². The largest absolute Gasteiger partial charge is 0.505 e. The molecule has 0 atom stereocenters. The second-order valence-electron chi connectivity index (χ2n) is 2.03. The van der Waals surface area contributed by atoms with Crippen molar-refractivity contribution < 1.29 is 13.9 Å². The maximum absolute atomic E-state index is 12.5. The lowest BCUT2D eigenvalue weighted by atomic mass is 10.2. The summed E-state index contributed by atoms with van der Waals surface area (Å²) in [6.07, 6.45) is 0. The van der Waals surface area contributed by atoms with E-state index in [1.54, 1.807) is 0 Å². The van der Waals surface area contributed by atoms with Crippen molar-refractivity contribution in [2.45, 2.75) is 5.75 Å².